The Hall–Kier alpha value is -4.11. The molecular formula is C24H21N7OS. The van der Waals surface area contributed by atoms with Gasteiger partial charge in [0.15, 0.2) is 5.82 Å². The zero-order valence-corrected chi connectivity index (χ0v) is 18.7. The summed E-state index contributed by atoms with van der Waals surface area (Å²) in [5.41, 5.74) is 4.43. The van der Waals surface area contributed by atoms with Crippen LogP contribution in [0, 0.1) is 11.7 Å². The van der Waals surface area contributed by atoms with Crippen molar-refractivity contribution in [2.75, 3.05) is 5.32 Å². The van der Waals surface area contributed by atoms with Crippen LogP contribution in [0.5, 0.6) is 0 Å². The fourth-order valence-corrected chi connectivity index (χ4v) is 3.95. The van der Waals surface area contributed by atoms with Crippen molar-refractivity contribution in [2.24, 2.45) is 0 Å². The molecule has 0 aliphatic heterocycles. The Balaban J connectivity index is 1.49. The first-order valence-electron chi connectivity index (χ1n) is 10.5. The van der Waals surface area contributed by atoms with Crippen molar-refractivity contribution in [1.29, 1.82) is 0 Å². The van der Waals surface area contributed by atoms with Gasteiger partial charge in [-0.05, 0) is 55.5 Å². The summed E-state index contributed by atoms with van der Waals surface area (Å²) in [5.74, 6) is 0.454. The van der Waals surface area contributed by atoms with Crippen LogP contribution in [0.4, 0.5) is 5.69 Å². The van der Waals surface area contributed by atoms with Crippen molar-refractivity contribution in [3.63, 3.8) is 0 Å². The van der Waals surface area contributed by atoms with Gasteiger partial charge in [0, 0.05) is 11.4 Å². The molecule has 33 heavy (non-hydrogen) atoms. The van der Waals surface area contributed by atoms with Crippen LogP contribution in [0.2, 0.25) is 0 Å². The van der Waals surface area contributed by atoms with Gasteiger partial charge >= 0.3 is 0 Å². The number of anilines is 1. The number of benzene rings is 3. The first-order chi connectivity index (χ1) is 16.1. The predicted molar refractivity (Wildman–Crippen MR) is 129 cm³/mol. The van der Waals surface area contributed by atoms with E-state index in [4.69, 9.17) is 12.2 Å². The lowest BCUT2D eigenvalue weighted by Crippen LogP contribution is -2.20. The maximum absolute atomic E-state index is 12.7. The SMILES string of the molecule is Cc1ccc(NC(=O)Cn2nc(Cn3nnc4ccccc43)n(-c3ccccc3)c2=S)cc1. The van der Waals surface area contributed by atoms with Crippen molar-refractivity contribution >= 4 is 34.8 Å². The van der Waals surface area contributed by atoms with Crippen LogP contribution in [0.15, 0.2) is 78.9 Å². The summed E-state index contributed by atoms with van der Waals surface area (Å²) in [5, 5.41) is 16.1. The van der Waals surface area contributed by atoms with Crippen LogP contribution < -0.4 is 5.32 Å². The summed E-state index contributed by atoms with van der Waals surface area (Å²) >= 11 is 5.72. The summed E-state index contributed by atoms with van der Waals surface area (Å²) < 4.78 is 5.62. The fraction of sp³-hybridized carbons (Fsp3) is 0.125. The summed E-state index contributed by atoms with van der Waals surface area (Å²) in [6, 6.07) is 25.1. The number of aromatic nitrogens is 6. The van der Waals surface area contributed by atoms with E-state index in [1.54, 1.807) is 9.36 Å². The highest BCUT2D eigenvalue weighted by Gasteiger charge is 2.17. The lowest BCUT2D eigenvalue weighted by molar-refractivity contribution is -0.116. The molecule has 0 saturated carbocycles. The standard InChI is InChI=1S/C24H21N7OS/c1-17-11-13-18(14-12-17)25-23(32)16-30-24(33)31(19-7-3-2-4-8-19)22(27-30)15-29-21-10-6-5-9-20(21)26-28-29/h2-14H,15-16H2,1H3,(H,25,32). The van der Waals surface area contributed by atoms with E-state index in [9.17, 15) is 4.79 Å². The maximum atomic E-state index is 12.7. The number of hydrogen-bond donors (Lipinski definition) is 1. The largest absolute Gasteiger partial charge is 0.324 e. The van der Waals surface area contributed by atoms with Gasteiger partial charge in [-0.2, -0.15) is 5.10 Å². The topological polar surface area (TPSA) is 82.6 Å². The minimum absolute atomic E-state index is 0.00233. The van der Waals surface area contributed by atoms with Crippen molar-refractivity contribution in [3.8, 4) is 5.69 Å². The number of hydrogen-bond acceptors (Lipinski definition) is 5. The van der Waals surface area contributed by atoms with Crippen molar-refractivity contribution in [2.45, 2.75) is 20.0 Å². The van der Waals surface area contributed by atoms with Crippen LogP contribution in [-0.4, -0.2) is 35.2 Å². The van der Waals surface area contributed by atoms with Gasteiger partial charge in [-0.25, -0.2) is 9.36 Å². The predicted octanol–water partition coefficient (Wildman–Crippen LogP) is 4.14. The van der Waals surface area contributed by atoms with E-state index in [0.717, 1.165) is 28.0 Å². The minimum Gasteiger partial charge on any atom is -0.324 e. The average Bonchev–Trinajstić information content (AvgIpc) is 3.37. The zero-order valence-electron chi connectivity index (χ0n) is 17.9. The smallest absolute Gasteiger partial charge is 0.246 e. The van der Waals surface area contributed by atoms with Crippen LogP contribution in [0.1, 0.15) is 11.4 Å². The number of aryl methyl sites for hydroxylation is 1. The molecule has 1 N–H and O–H groups in total. The lowest BCUT2D eigenvalue weighted by Gasteiger charge is -2.07. The molecule has 0 unspecified atom stereocenters. The summed E-state index contributed by atoms with van der Waals surface area (Å²) in [7, 11) is 0. The van der Waals surface area contributed by atoms with E-state index in [2.05, 4.69) is 20.7 Å². The number of para-hydroxylation sites is 2. The Labute approximate surface area is 195 Å². The highest BCUT2D eigenvalue weighted by Crippen LogP contribution is 2.17. The average molecular weight is 456 g/mol. The second-order valence-corrected chi connectivity index (χ2v) is 8.04. The zero-order chi connectivity index (χ0) is 22.8. The number of nitrogens with zero attached hydrogens (tertiary/aromatic N) is 6. The van der Waals surface area contributed by atoms with Crippen LogP contribution in [0.3, 0.4) is 0 Å². The molecule has 0 bridgehead atoms. The molecule has 1 amide bonds. The molecule has 0 saturated heterocycles. The van der Waals surface area contributed by atoms with Crippen molar-refractivity contribution in [1.82, 2.24) is 29.3 Å². The maximum Gasteiger partial charge on any atom is 0.246 e. The van der Waals surface area contributed by atoms with E-state index in [0.29, 0.717) is 17.1 Å². The number of carbonyl (C=O) groups excluding carboxylic acids is 1. The van der Waals surface area contributed by atoms with Gasteiger partial charge in [0.05, 0.1) is 5.52 Å². The fourth-order valence-electron chi connectivity index (χ4n) is 3.64. The van der Waals surface area contributed by atoms with Crippen molar-refractivity contribution in [3.05, 3.63) is 95.0 Å². The van der Waals surface area contributed by atoms with Gasteiger partial charge in [-0.1, -0.05) is 53.2 Å². The number of nitrogens with one attached hydrogen (secondary N) is 1. The van der Waals surface area contributed by atoms with Gasteiger partial charge < -0.3 is 5.32 Å². The van der Waals surface area contributed by atoms with Crippen LogP contribution >= 0.6 is 12.2 Å². The Kier molecular flexibility index (Phi) is 5.54. The third kappa shape index (κ3) is 4.31. The molecule has 0 aliphatic carbocycles. The van der Waals surface area contributed by atoms with Gasteiger partial charge in [0.25, 0.3) is 0 Å². The van der Waals surface area contributed by atoms with Gasteiger partial charge in [-0.15, -0.1) is 5.10 Å². The summed E-state index contributed by atoms with van der Waals surface area (Å²) in [6.45, 7) is 2.35. The first-order valence-corrected chi connectivity index (χ1v) is 10.9. The van der Waals surface area contributed by atoms with E-state index in [1.807, 2.05) is 90.4 Å². The molecule has 0 atom stereocenters. The second kappa shape index (κ2) is 8.79. The summed E-state index contributed by atoms with van der Waals surface area (Å²) in [4.78, 5) is 12.7. The monoisotopic (exact) mass is 455 g/mol. The van der Waals surface area contributed by atoms with E-state index >= 15 is 0 Å². The Bertz CT molecular complexity index is 1480. The highest BCUT2D eigenvalue weighted by molar-refractivity contribution is 7.71. The molecule has 5 aromatic rings. The normalized spacial score (nSPS) is 11.1. The Morgan fingerprint density at radius 2 is 1.67 bits per heavy atom. The van der Waals surface area contributed by atoms with Gasteiger partial charge in [0.2, 0.25) is 10.7 Å². The molecule has 0 spiro atoms. The van der Waals surface area contributed by atoms with E-state index < -0.39 is 0 Å². The second-order valence-electron chi connectivity index (χ2n) is 7.68. The third-order valence-corrected chi connectivity index (χ3v) is 5.65. The number of fused-ring (bicyclic) bond motifs is 1. The number of rotatable bonds is 6. The molecule has 0 radical (unpaired) electrons. The molecule has 0 aliphatic rings. The summed E-state index contributed by atoms with van der Waals surface area (Å²) in [6.07, 6.45) is 0. The van der Waals surface area contributed by atoms with Crippen LogP contribution in [0.25, 0.3) is 16.7 Å². The van der Waals surface area contributed by atoms with E-state index in [-0.39, 0.29) is 12.5 Å². The molecule has 3 aromatic carbocycles. The molecule has 5 rings (SSSR count). The number of amides is 1. The molecule has 8 nitrogen and oxygen atoms in total. The minimum atomic E-state index is -0.203. The Morgan fingerprint density at radius 1 is 0.939 bits per heavy atom. The lowest BCUT2D eigenvalue weighted by atomic mass is 10.2. The first kappa shape index (κ1) is 20.8. The molecule has 2 heterocycles. The molecular weight excluding hydrogens is 434 g/mol. The van der Waals surface area contributed by atoms with Crippen LogP contribution in [-0.2, 0) is 17.9 Å². The Morgan fingerprint density at radius 3 is 2.45 bits per heavy atom. The molecule has 164 valence electrons. The van der Waals surface area contributed by atoms with Crippen molar-refractivity contribution < 1.29 is 4.79 Å². The molecule has 2 aromatic heterocycles. The number of carbonyl (C=O) groups is 1. The molecule has 0 fully saturated rings. The van der Waals surface area contributed by atoms with Gasteiger partial charge in [-0.3, -0.25) is 9.36 Å². The quantitative estimate of drug-likeness (QED) is 0.389. The highest BCUT2D eigenvalue weighted by atomic mass is 32.1. The third-order valence-electron chi connectivity index (χ3n) is 5.26. The molecule has 9 heteroatoms. The van der Waals surface area contributed by atoms with Gasteiger partial charge in [0.1, 0.15) is 18.6 Å². The van der Waals surface area contributed by atoms with E-state index in [1.165, 1.54) is 0 Å².